The van der Waals surface area contributed by atoms with Crippen molar-refractivity contribution in [1.82, 2.24) is 4.98 Å². The second-order valence-corrected chi connectivity index (χ2v) is 5.64. The summed E-state index contributed by atoms with van der Waals surface area (Å²) in [6, 6.07) is 12.0. The summed E-state index contributed by atoms with van der Waals surface area (Å²) in [4.78, 5) is 15.1. The highest BCUT2D eigenvalue weighted by atomic mass is 32.2. The molecule has 2 rings (SSSR count). The summed E-state index contributed by atoms with van der Waals surface area (Å²) in [6.07, 6.45) is 0.193. The minimum absolute atomic E-state index is 0.107. The van der Waals surface area contributed by atoms with Crippen molar-refractivity contribution in [3.05, 3.63) is 42.1 Å². The molecular formula is C14H15NO2S. The molecule has 1 heterocycles. The molecular weight excluding hydrogens is 246 g/mol. The monoisotopic (exact) mass is 261 g/mol. The molecule has 0 spiro atoms. The molecule has 1 atom stereocenters. The molecule has 0 saturated heterocycles. The molecule has 2 aromatic rings. The van der Waals surface area contributed by atoms with E-state index in [4.69, 9.17) is 5.11 Å². The number of carboxylic acid groups (broad SMARTS) is 1. The highest BCUT2D eigenvalue weighted by Crippen LogP contribution is 2.20. The number of pyridine rings is 1. The van der Waals surface area contributed by atoms with Gasteiger partial charge in [-0.3, -0.25) is 9.78 Å². The third-order valence-corrected chi connectivity index (χ3v) is 3.83. The Labute approximate surface area is 110 Å². The highest BCUT2D eigenvalue weighted by molar-refractivity contribution is 7.99. The van der Waals surface area contributed by atoms with Crippen molar-refractivity contribution >= 4 is 28.6 Å². The molecule has 1 aromatic carbocycles. The Morgan fingerprint density at radius 3 is 2.89 bits per heavy atom. The first-order valence-electron chi connectivity index (χ1n) is 5.83. The lowest BCUT2D eigenvalue weighted by Gasteiger charge is -2.08. The van der Waals surface area contributed by atoms with Crippen molar-refractivity contribution in [2.24, 2.45) is 0 Å². The van der Waals surface area contributed by atoms with E-state index in [0.29, 0.717) is 0 Å². The van der Waals surface area contributed by atoms with E-state index in [0.717, 1.165) is 22.3 Å². The van der Waals surface area contributed by atoms with Crippen LogP contribution in [0.3, 0.4) is 0 Å². The van der Waals surface area contributed by atoms with Crippen molar-refractivity contribution in [3.63, 3.8) is 0 Å². The molecule has 94 valence electrons. The maximum atomic E-state index is 10.6. The molecule has 3 nitrogen and oxygen atoms in total. The second kappa shape index (κ2) is 5.87. The van der Waals surface area contributed by atoms with Crippen LogP contribution >= 0.6 is 11.8 Å². The van der Waals surface area contributed by atoms with Gasteiger partial charge in [-0.05, 0) is 12.1 Å². The minimum atomic E-state index is -0.749. The molecule has 4 heteroatoms. The normalized spacial score (nSPS) is 12.5. The standard InChI is InChI=1S/C14H15NO2S/c1-10(8-14(16)17)18-9-12-7-6-11-4-2-3-5-13(11)15-12/h2-7,10H,8-9H2,1H3,(H,16,17). The number of rotatable bonds is 5. The Bertz CT molecular complexity index is 556. The van der Waals surface area contributed by atoms with Crippen LogP contribution in [0.15, 0.2) is 36.4 Å². The number of hydrogen-bond donors (Lipinski definition) is 1. The average Bonchev–Trinajstić information content (AvgIpc) is 2.35. The summed E-state index contributed by atoms with van der Waals surface area (Å²) in [6.45, 7) is 1.93. The number of aromatic nitrogens is 1. The fraction of sp³-hybridized carbons (Fsp3) is 0.286. The number of hydrogen-bond acceptors (Lipinski definition) is 3. The van der Waals surface area contributed by atoms with Crippen molar-refractivity contribution in [3.8, 4) is 0 Å². The summed E-state index contributed by atoms with van der Waals surface area (Å²) in [5, 5.41) is 9.93. The first-order chi connectivity index (χ1) is 8.65. The van der Waals surface area contributed by atoms with Crippen LogP contribution in [0.2, 0.25) is 0 Å². The van der Waals surface area contributed by atoms with E-state index in [1.807, 2.05) is 37.3 Å². The number of carboxylic acids is 1. The van der Waals surface area contributed by atoms with Crippen LogP contribution in [0.25, 0.3) is 10.9 Å². The largest absolute Gasteiger partial charge is 0.481 e. The van der Waals surface area contributed by atoms with Gasteiger partial charge in [0, 0.05) is 16.4 Å². The maximum absolute atomic E-state index is 10.6. The van der Waals surface area contributed by atoms with E-state index >= 15 is 0 Å². The second-order valence-electron chi connectivity index (χ2n) is 4.21. The van der Waals surface area contributed by atoms with Gasteiger partial charge in [0.1, 0.15) is 0 Å². The van der Waals surface area contributed by atoms with Gasteiger partial charge in [0.15, 0.2) is 0 Å². The topological polar surface area (TPSA) is 50.2 Å². The molecule has 0 aliphatic rings. The molecule has 0 bridgehead atoms. The van der Waals surface area contributed by atoms with Gasteiger partial charge in [-0.15, -0.1) is 0 Å². The molecule has 0 radical (unpaired) electrons. The van der Waals surface area contributed by atoms with Gasteiger partial charge in [0.25, 0.3) is 0 Å². The number of para-hydroxylation sites is 1. The quantitative estimate of drug-likeness (QED) is 0.897. The average molecular weight is 261 g/mol. The molecule has 1 unspecified atom stereocenters. The summed E-state index contributed by atoms with van der Waals surface area (Å²) >= 11 is 1.62. The number of aliphatic carboxylic acids is 1. The highest BCUT2D eigenvalue weighted by Gasteiger charge is 2.08. The first-order valence-corrected chi connectivity index (χ1v) is 6.88. The third kappa shape index (κ3) is 3.47. The summed E-state index contributed by atoms with van der Waals surface area (Å²) < 4.78 is 0. The minimum Gasteiger partial charge on any atom is -0.481 e. The SMILES string of the molecule is CC(CC(=O)O)SCc1ccc2ccccc2n1. The molecule has 0 aliphatic carbocycles. The zero-order valence-corrected chi connectivity index (χ0v) is 11.0. The number of nitrogens with zero attached hydrogens (tertiary/aromatic N) is 1. The molecule has 0 fully saturated rings. The van der Waals surface area contributed by atoms with Crippen LogP contribution in [0, 0.1) is 0 Å². The molecule has 0 saturated carbocycles. The number of thioether (sulfide) groups is 1. The van der Waals surface area contributed by atoms with Gasteiger partial charge in [-0.1, -0.05) is 31.2 Å². The lowest BCUT2D eigenvalue weighted by atomic mass is 10.2. The predicted molar refractivity (Wildman–Crippen MR) is 74.8 cm³/mol. The Morgan fingerprint density at radius 1 is 1.33 bits per heavy atom. The molecule has 0 amide bonds. The smallest absolute Gasteiger partial charge is 0.304 e. The van der Waals surface area contributed by atoms with Gasteiger partial charge in [-0.2, -0.15) is 11.8 Å². The Balaban J connectivity index is 2.01. The van der Waals surface area contributed by atoms with E-state index in [1.165, 1.54) is 0 Å². The molecule has 18 heavy (non-hydrogen) atoms. The first kappa shape index (κ1) is 12.9. The number of benzene rings is 1. The lowest BCUT2D eigenvalue weighted by molar-refractivity contribution is -0.136. The van der Waals surface area contributed by atoms with Crippen LogP contribution in [0.4, 0.5) is 0 Å². The van der Waals surface area contributed by atoms with Crippen molar-refractivity contribution < 1.29 is 9.90 Å². The maximum Gasteiger partial charge on any atom is 0.304 e. The van der Waals surface area contributed by atoms with Gasteiger partial charge >= 0.3 is 5.97 Å². The van der Waals surface area contributed by atoms with Crippen molar-refractivity contribution in [1.29, 1.82) is 0 Å². The predicted octanol–water partition coefficient (Wildman–Crippen LogP) is 3.33. The van der Waals surface area contributed by atoms with E-state index in [2.05, 4.69) is 11.1 Å². The van der Waals surface area contributed by atoms with Crippen LogP contribution in [0.1, 0.15) is 19.0 Å². The van der Waals surface area contributed by atoms with Gasteiger partial charge in [0.05, 0.1) is 17.6 Å². The van der Waals surface area contributed by atoms with E-state index < -0.39 is 5.97 Å². The third-order valence-electron chi connectivity index (χ3n) is 2.63. The van der Waals surface area contributed by atoms with Gasteiger partial charge in [0.2, 0.25) is 0 Å². The van der Waals surface area contributed by atoms with E-state index in [9.17, 15) is 4.79 Å². The summed E-state index contributed by atoms with van der Waals surface area (Å²) in [5.74, 6) is 0.000648. The van der Waals surface area contributed by atoms with Crippen molar-refractivity contribution in [2.75, 3.05) is 0 Å². The fourth-order valence-electron chi connectivity index (χ4n) is 1.72. The Hall–Kier alpha value is -1.55. The number of carbonyl (C=O) groups is 1. The number of fused-ring (bicyclic) bond motifs is 1. The van der Waals surface area contributed by atoms with Crippen LogP contribution in [0.5, 0.6) is 0 Å². The van der Waals surface area contributed by atoms with Crippen LogP contribution < -0.4 is 0 Å². The summed E-state index contributed by atoms with van der Waals surface area (Å²) in [7, 11) is 0. The van der Waals surface area contributed by atoms with E-state index in [1.54, 1.807) is 11.8 Å². The van der Waals surface area contributed by atoms with Crippen molar-refractivity contribution in [2.45, 2.75) is 24.3 Å². The molecule has 1 N–H and O–H groups in total. The Morgan fingerprint density at radius 2 is 2.11 bits per heavy atom. The molecule has 0 aliphatic heterocycles. The lowest BCUT2D eigenvalue weighted by Crippen LogP contribution is -2.06. The van der Waals surface area contributed by atoms with E-state index in [-0.39, 0.29) is 11.7 Å². The zero-order chi connectivity index (χ0) is 13.0. The molecule has 1 aromatic heterocycles. The summed E-state index contributed by atoms with van der Waals surface area (Å²) in [5.41, 5.74) is 1.98. The fourth-order valence-corrected chi connectivity index (χ4v) is 2.60. The van der Waals surface area contributed by atoms with Crippen LogP contribution in [-0.2, 0) is 10.5 Å². The van der Waals surface area contributed by atoms with Crippen LogP contribution in [-0.4, -0.2) is 21.3 Å². The van der Waals surface area contributed by atoms with Gasteiger partial charge in [-0.25, -0.2) is 0 Å². The zero-order valence-electron chi connectivity index (χ0n) is 10.2. The Kier molecular flexibility index (Phi) is 4.20. The van der Waals surface area contributed by atoms with Gasteiger partial charge < -0.3 is 5.11 Å².